The van der Waals surface area contributed by atoms with E-state index >= 15 is 0 Å². The second kappa shape index (κ2) is 11.3. The van der Waals surface area contributed by atoms with Crippen LogP contribution in [0.3, 0.4) is 0 Å². The van der Waals surface area contributed by atoms with Gasteiger partial charge in [0, 0.05) is 16.3 Å². The maximum atomic E-state index is 13.3. The molecule has 0 aliphatic rings. The summed E-state index contributed by atoms with van der Waals surface area (Å²) in [6.07, 6.45) is 0. The third-order valence-corrected chi connectivity index (χ3v) is 5.36. The van der Waals surface area contributed by atoms with Crippen molar-refractivity contribution in [1.29, 1.82) is 0 Å². The van der Waals surface area contributed by atoms with Crippen LogP contribution in [0.5, 0.6) is 0 Å². The zero-order valence-electron chi connectivity index (χ0n) is 18.1. The van der Waals surface area contributed by atoms with Crippen LogP contribution in [0.25, 0.3) is 11.1 Å². The fourth-order valence-corrected chi connectivity index (χ4v) is 3.62. The number of hydrogen-bond acceptors (Lipinski definition) is 3. The van der Waals surface area contributed by atoms with Crippen LogP contribution in [0.4, 0.5) is 5.69 Å². The number of carboxylic acids is 1. The van der Waals surface area contributed by atoms with E-state index in [4.69, 9.17) is 11.6 Å². The SMILES string of the molecule is O=C([O-])c1cccc(-c2cccc(CN(C(=O)c3ccc(Cl)cc3)c3ccccc3)c2)c1.[Na+]. The van der Waals surface area contributed by atoms with E-state index in [1.165, 1.54) is 6.07 Å². The van der Waals surface area contributed by atoms with Crippen LogP contribution in [-0.2, 0) is 6.54 Å². The number of rotatable bonds is 6. The number of anilines is 1. The third-order valence-electron chi connectivity index (χ3n) is 5.10. The number of carboxylic acid groups (broad SMARTS) is 1. The molecule has 0 aliphatic carbocycles. The molecule has 0 heterocycles. The van der Waals surface area contributed by atoms with E-state index in [0.29, 0.717) is 17.1 Å². The van der Waals surface area contributed by atoms with Crippen molar-refractivity contribution in [2.45, 2.75) is 6.54 Å². The molecule has 0 atom stereocenters. The Balaban J connectivity index is 0.00000306. The van der Waals surface area contributed by atoms with Gasteiger partial charge in [-0.3, -0.25) is 4.79 Å². The number of carbonyl (C=O) groups excluding carboxylic acids is 2. The minimum Gasteiger partial charge on any atom is -0.545 e. The fraction of sp³-hybridized carbons (Fsp3) is 0.0370. The van der Waals surface area contributed by atoms with Gasteiger partial charge >= 0.3 is 29.6 Å². The Morgan fingerprint density at radius 1 is 0.727 bits per heavy atom. The fourth-order valence-electron chi connectivity index (χ4n) is 3.49. The second-order valence-corrected chi connectivity index (χ2v) is 7.74. The van der Waals surface area contributed by atoms with Gasteiger partial charge in [0.15, 0.2) is 0 Å². The van der Waals surface area contributed by atoms with Crippen molar-refractivity contribution in [3.8, 4) is 11.1 Å². The number of amides is 1. The van der Waals surface area contributed by atoms with Crippen LogP contribution in [0.1, 0.15) is 26.3 Å². The summed E-state index contributed by atoms with van der Waals surface area (Å²) in [4.78, 5) is 26.3. The minimum atomic E-state index is -1.22. The summed E-state index contributed by atoms with van der Waals surface area (Å²) in [5.74, 6) is -1.36. The van der Waals surface area contributed by atoms with Crippen molar-refractivity contribution in [2.75, 3.05) is 4.90 Å². The van der Waals surface area contributed by atoms with E-state index in [2.05, 4.69) is 0 Å². The van der Waals surface area contributed by atoms with Crippen LogP contribution in [0.2, 0.25) is 5.02 Å². The summed E-state index contributed by atoms with van der Waals surface area (Å²) in [5.41, 5.74) is 3.97. The Hall–Kier alpha value is -2.89. The molecule has 4 nitrogen and oxygen atoms in total. The van der Waals surface area contributed by atoms with E-state index in [9.17, 15) is 14.7 Å². The van der Waals surface area contributed by atoms with Gasteiger partial charge in [-0.1, -0.05) is 66.2 Å². The van der Waals surface area contributed by atoms with Crippen molar-refractivity contribution in [3.63, 3.8) is 0 Å². The number of aromatic carboxylic acids is 1. The standard InChI is InChI=1S/C27H20ClNO3.Na/c28-24-14-12-20(13-15-24)26(30)29(25-10-2-1-3-11-25)18-19-6-4-7-21(16-19)22-8-5-9-23(17-22)27(31)32;/h1-17H,18H2,(H,31,32);/q;+1/p-1. The average molecular weight is 464 g/mol. The van der Waals surface area contributed by atoms with Crippen molar-refractivity contribution in [3.05, 3.63) is 125 Å². The summed E-state index contributed by atoms with van der Waals surface area (Å²) in [6, 6.07) is 30.6. The topological polar surface area (TPSA) is 60.4 Å². The first-order valence-electron chi connectivity index (χ1n) is 10.0. The Morgan fingerprint density at radius 3 is 2.03 bits per heavy atom. The molecule has 0 saturated carbocycles. The zero-order valence-corrected chi connectivity index (χ0v) is 20.8. The maximum Gasteiger partial charge on any atom is 1.00 e. The molecular weight excluding hydrogens is 445 g/mol. The first kappa shape index (κ1) is 24.7. The van der Waals surface area contributed by atoms with E-state index in [1.54, 1.807) is 41.3 Å². The molecule has 158 valence electrons. The van der Waals surface area contributed by atoms with Crippen molar-refractivity contribution in [2.24, 2.45) is 0 Å². The van der Waals surface area contributed by atoms with Gasteiger partial charge in [0.25, 0.3) is 5.91 Å². The molecule has 0 radical (unpaired) electrons. The van der Waals surface area contributed by atoms with Crippen LogP contribution in [-0.4, -0.2) is 11.9 Å². The number of benzene rings is 4. The molecule has 0 spiro atoms. The van der Waals surface area contributed by atoms with Gasteiger partial charge in [0.2, 0.25) is 0 Å². The normalized spacial score (nSPS) is 10.2. The first-order chi connectivity index (χ1) is 15.5. The predicted molar refractivity (Wildman–Crippen MR) is 125 cm³/mol. The quantitative estimate of drug-likeness (QED) is 0.412. The van der Waals surface area contributed by atoms with E-state index in [-0.39, 0.29) is 41.0 Å². The molecule has 4 aromatic carbocycles. The van der Waals surface area contributed by atoms with Gasteiger partial charge in [-0.25, -0.2) is 0 Å². The molecule has 0 unspecified atom stereocenters. The number of para-hydroxylation sites is 1. The van der Waals surface area contributed by atoms with Gasteiger partial charge in [-0.2, -0.15) is 0 Å². The molecular formula is C27H19ClNNaO3. The van der Waals surface area contributed by atoms with Crippen LogP contribution < -0.4 is 39.6 Å². The molecule has 0 N–H and O–H groups in total. The van der Waals surface area contributed by atoms with Gasteiger partial charge in [0.1, 0.15) is 0 Å². The summed E-state index contributed by atoms with van der Waals surface area (Å²) in [6.45, 7) is 0.347. The molecule has 33 heavy (non-hydrogen) atoms. The van der Waals surface area contributed by atoms with Crippen molar-refractivity contribution < 1.29 is 44.3 Å². The van der Waals surface area contributed by atoms with Crippen molar-refractivity contribution in [1.82, 2.24) is 0 Å². The van der Waals surface area contributed by atoms with Gasteiger partial charge in [-0.15, -0.1) is 0 Å². The molecule has 1 amide bonds. The van der Waals surface area contributed by atoms with Crippen molar-refractivity contribution >= 4 is 29.2 Å². The third kappa shape index (κ3) is 6.12. The Kier molecular flexibility index (Phi) is 8.48. The molecule has 4 aromatic rings. The van der Waals surface area contributed by atoms with E-state index < -0.39 is 5.97 Å². The number of nitrogens with zero attached hydrogens (tertiary/aromatic N) is 1. The number of hydrogen-bond donors (Lipinski definition) is 0. The predicted octanol–water partition coefficient (Wildman–Crippen LogP) is 2.22. The molecule has 6 heteroatoms. The largest absolute Gasteiger partial charge is 1.00 e. The second-order valence-electron chi connectivity index (χ2n) is 7.30. The van der Waals surface area contributed by atoms with Gasteiger partial charge < -0.3 is 14.8 Å². The number of halogens is 1. The number of carbonyl (C=O) groups is 2. The molecule has 0 fully saturated rings. The summed E-state index contributed by atoms with van der Waals surface area (Å²) >= 11 is 5.98. The molecule has 0 saturated heterocycles. The van der Waals surface area contributed by atoms with Crippen LogP contribution in [0, 0.1) is 0 Å². The molecule has 0 bridgehead atoms. The van der Waals surface area contributed by atoms with Gasteiger partial charge in [-0.05, 0) is 70.8 Å². The van der Waals surface area contributed by atoms with Crippen LogP contribution >= 0.6 is 11.6 Å². The molecule has 0 aliphatic heterocycles. The Morgan fingerprint density at radius 2 is 1.36 bits per heavy atom. The minimum absolute atomic E-state index is 0. The maximum absolute atomic E-state index is 13.3. The summed E-state index contributed by atoms with van der Waals surface area (Å²) in [5, 5.41) is 11.8. The summed E-state index contributed by atoms with van der Waals surface area (Å²) in [7, 11) is 0. The van der Waals surface area contributed by atoms with Gasteiger partial charge in [0.05, 0.1) is 12.5 Å². The van der Waals surface area contributed by atoms with E-state index in [0.717, 1.165) is 22.4 Å². The molecule has 4 rings (SSSR count). The zero-order chi connectivity index (χ0) is 22.5. The Bertz CT molecular complexity index is 1260. The summed E-state index contributed by atoms with van der Waals surface area (Å²) < 4.78 is 0. The molecule has 0 aromatic heterocycles. The Labute approximate surface area is 219 Å². The first-order valence-corrected chi connectivity index (χ1v) is 10.4. The monoisotopic (exact) mass is 463 g/mol. The van der Waals surface area contributed by atoms with E-state index in [1.807, 2.05) is 60.7 Å². The smallest absolute Gasteiger partial charge is 0.545 e. The van der Waals surface area contributed by atoms with Crippen LogP contribution in [0.15, 0.2) is 103 Å². The average Bonchev–Trinajstić information content (AvgIpc) is 2.83.